The lowest BCUT2D eigenvalue weighted by molar-refractivity contribution is -0.117. The number of nitrogens with one attached hydrogen (secondary N) is 1. The quantitative estimate of drug-likeness (QED) is 0.812. The second-order valence-corrected chi connectivity index (χ2v) is 6.25. The van der Waals surface area contributed by atoms with Gasteiger partial charge in [-0.15, -0.1) is 0 Å². The molecule has 0 aromatic heterocycles. The molecule has 0 saturated carbocycles. The van der Waals surface area contributed by atoms with Crippen molar-refractivity contribution in [3.8, 4) is 5.75 Å². The third-order valence-electron chi connectivity index (χ3n) is 4.27. The number of nitrogens with zero attached hydrogens (tertiary/aromatic N) is 1. The number of likely N-dealkylation sites (N-methyl/N-ethyl adjacent to an activating group) is 1. The largest absolute Gasteiger partial charge is 0.497 e. The number of aliphatic hydroxyl groups excluding tert-OH is 1. The molecule has 1 atom stereocenters. The van der Waals surface area contributed by atoms with Crippen LogP contribution in [0.2, 0.25) is 0 Å². The second kappa shape index (κ2) is 8.65. The minimum Gasteiger partial charge on any atom is -0.497 e. The maximum absolute atomic E-state index is 12.4. The number of amides is 1. The third kappa shape index (κ3) is 5.05. The van der Waals surface area contributed by atoms with Crippen molar-refractivity contribution in [3.63, 3.8) is 0 Å². The molecule has 0 heterocycles. The summed E-state index contributed by atoms with van der Waals surface area (Å²) in [5, 5.41) is 12.7. The number of carbonyl (C=O) groups is 1. The van der Waals surface area contributed by atoms with Gasteiger partial charge in [-0.3, -0.25) is 9.69 Å². The van der Waals surface area contributed by atoms with E-state index in [9.17, 15) is 9.90 Å². The summed E-state index contributed by atoms with van der Waals surface area (Å²) in [6.07, 6.45) is 0. The first-order valence-electron chi connectivity index (χ1n) is 8.26. The Kier molecular flexibility index (Phi) is 6.56. The van der Waals surface area contributed by atoms with E-state index < -0.39 is 0 Å². The fourth-order valence-electron chi connectivity index (χ4n) is 2.72. The van der Waals surface area contributed by atoms with Crippen LogP contribution < -0.4 is 10.1 Å². The van der Waals surface area contributed by atoms with Gasteiger partial charge in [0.1, 0.15) is 5.75 Å². The van der Waals surface area contributed by atoms with E-state index in [0.717, 1.165) is 28.1 Å². The Labute approximate surface area is 149 Å². The highest BCUT2D eigenvalue weighted by Gasteiger charge is 2.19. The van der Waals surface area contributed by atoms with Gasteiger partial charge in [-0.05, 0) is 55.8 Å². The van der Waals surface area contributed by atoms with E-state index in [4.69, 9.17) is 4.74 Å². The van der Waals surface area contributed by atoms with Crippen LogP contribution in [0.3, 0.4) is 0 Å². The number of hydrogen-bond donors (Lipinski definition) is 2. The van der Waals surface area contributed by atoms with Crippen molar-refractivity contribution in [2.75, 3.05) is 32.6 Å². The molecule has 2 N–H and O–H groups in total. The zero-order chi connectivity index (χ0) is 18.4. The van der Waals surface area contributed by atoms with Crippen molar-refractivity contribution in [3.05, 3.63) is 59.2 Å². The number of aryl methyl sites for hydroxylation is 2. The van der Waals surface area contributed by atoms with Crippen LogP contribution in [-0.2, 0) is 4.79 Å². The van der Waals surface area contributed by atoms with Crippen molar-refractivity contribution >= 4 is 11.6 Å². The number of ether oxygens (including phenoxy) is 1. The van der Waals surface area contributed by atoms with Gasteiger partial charge < -0.3 is 15.2 Å². The van der Waals surface area contributed by atoms with Crippen molar-refractivity contribution in [1.82, 2.24) is 4.90 Å². The molecule has 1 amide bonds. The number of aliphatic hydroxyl groups is 1. The first-order chi connectivity index (χ1) is 11.9. The summed E-state index contributed by atoms with van der Waals surface area (Å²) >= 11 is 0. The third-order valence-corrected chi connectivity index (χ3v) is 4.27. The van der Waals surface area contributed by atoms with Gasteiger partial charge in [0.25, 0.3) is 0 Å². The first kappa shape index (κ1) is 19.0. The number of rotatable bonds is 7. The van der Waals surface area contributed by atoms with E-state index >= 15 is 0 Å². The van der Waals surface area contributed by atoms with Crippen LogP contribution in [-0.4, -0.2) is 43.2 Å². The molecule has 0 saturated heterocycles. The lowest BCUT2D eigenvalue weighted by atomic mass is 10.1. The monoisotopic (exact) mass is 342 g/mol. The van der Waals surface area contributed by atoms with E-state index in [0.29, 0.717) is 0 Å². The molecule has 134 valence electrons. The minimum atomic E-state index is -0.254. The molecular weight excluding hydrogens is 316 g/mol. The zero-order valence-corrected chi connectivity index (χ0v) is 15.2. The molecule has 25 heavy (non-hydrogen) atoms. The van der Waals surface area contributed by atoms with Crippen LogP contribution in [0.25, 0.3) is 0 Å². The van der Waals surface area contributed by atoms with Gasteiger partial charge >= 0.3 is 0 Å². The van der Waals surface area contributed by atoms with Crippen LogP contribution in [0.1, 0.15) is 22.7 Å². The van der Waals surface area contributed by atoms with Gasteiger partial charge in [-0.2, -0.15) is 0 Å². The molecule has 2 aromatic carbocycles. The van der Waals surface area contributed by atoms with E-state index in [2.05, 4.69) is 5.32 Å². The molecule has 0 aliphatic carbocycles. The Morgan fingerprint density at radius 3 is 2.48 bits per heavy atom. The van der Waals surface area contributed by atoms with Gasteiger partial charge in [0, 0.05) is 5.69 Å². The molecule has 1 unspecified atom stereocenters. The van der Waals surface area contributed by atoms with Gasteiger partial charge in [0.05, 0.1) is 26.3 Å². The highest BCUT2D eigenvalue weighted by atomic mass is 16.5. The predicted molar refractivity (Wildman–Crippen MR) is 100.0 cm³/mol. The Morgan fingerprint density at radius 1 is 1.20 bits per heavy atom. The fraction of sp³-hybridized carbons (Fsp3) is 0.350. The molecule has 0 radical (unpaired) electrons. The van der Waals surface area contributed by atoms with E-state index in [1.807, 2.05) is 68.3 Å². The van der Waals surface area contributed by atoms with Gasteiger partial charge in [0.15, 0.2) is 0 Å². The van der Waals surface area contributed by atoms with Crippen LogP contribution in [0, 0.1) is 13.8 Å². The average molecular weight is 342 g/mol. The van der Waals surface area contributed by atoms with Crippen molar-refractivity contribution in [1.29, 1.82) is 0 Å². The van der Waals surface area contributed by atoms with E-state index in [1.165, 1.54) is 0 Å². The Morgan fingerprint density at radius 2 is 1.88 bits per heavy atom. The highest BCUT2D eigenvalue weighted by molar-refractivity contribution is 5.93. The Balaban J connectivity index is 2.03. The molecule has 0 aliphatic rings. The molecule has 2 aromatic rings. The molecule has 2 rings (SSSR count). The summed E-state index contributed by atoms with van der Waals surface area (Å²) < 4.78 is 5.15. The molecule has 0 bridgehead atoms. The van der Waals surface area contributed by atoms with Crippen molar-refractivity contribution < 1.29 is 14.6 Å². The van der Waals surface area contributed by atoms with Gasteiger partial charge in [-0.25, -0.2) is 0 Å². The summed E-state index contributed by atoms with van der Waals surface area (Å²) in [6.45, 7) is 4.07. The Hall–Kier alpha value is -2.37. The summed E-state index contributed by atoms with van der Waals surface area (Å²) in [5.74, 6) is 0.652. The molecule has 5 nitrogen and oxygen atoms in total. The molecule has 0 spiro atoms. The summed E-state index contributed by atoms with van der Waals surface area (Å²) in [4.78, 5) is 14.2. The van der Waals surface area contributed by atoms with E-state index in [1.54, 1.807) is 7.11 Å². The van der Waals surface area contributed by atoms with Crippen LogP contribution in [0.15, 0.2) is 42.5 Å². The fourth-order valence-corrected chi connectivity index (χ4v) is 2.72. The smallest absolute Gasteiger partial charge is 0.238 e. The van der Waals surface area contributed by atoms with Crippen LogP contribution >= 0.6 is 0 Å². The average Bonchev–Trinajstić information content (AvgIpc) is 2.59. The number of hydrogen-bond acceptors (Lipinski definition) is 4. The molecule has 0 aliphatic heterocycles. The minimum absolute atomic E-state index is 0.0699. The zero-order valence-electron chi connectivity index (χ0n) is 15.2. The van der Waals surface area contributed by atoms with E-state index in [-0.39, 0.29) is 25.1 Å². The normalized spacial score (nSPS) is 12.1. The number of methoxy groups -OCH3 is 1. The van der Waals surface area contributed by atoms with Crippen LogP contribution in [0.4, 0.5) is 5.69 Å². The maximum atomic E-state index is 12.4. The number of carbonyl (C=O) groups excluding carboxylic acids is 1. The van der Waals surface area contributed by atoms with Crippen molar-refractivity contribution in [2.45, 2.75) is 19.9 Å². The topological polar surface area (TPSA) is 61.8 Å². The number of anilines is 1. The predicted octanol–water partition coefficient (Wildman–Crippen LogP) is 2.92. The summed E-state index contributed by atoms with van der Waals surface area (Å²) in [7, 11) is 3.44. The van der Waals surface area contributed by atoms with Gasteiger partial charge in [-0.1, -0.05) is 24.3 Å². The van der Waals surface area contributed by atoms with Crippen LogP contribution in [0.5, 0.6) is 5.75 Å². The summed E-state index contributed by atoms with van der Waals surface area (Å²) in [6, 6.07) is 13.2. The number of benzene rings is 2. The second-order valence-electron chi connectivity index (χ2n) is 6.25. The highest BCUT2D eigenvalue weighted by Crippen LogP contribution is 2.22. The van der Waals surface area contributed by atoms with Gasteiger partial charge in [0.2, 0.25) is 5.91 Å². The summed E-state index contributed by atoms with van der Waals surface area (Å²) in [5.41, 5.74) is 3.88. The molecular formula is C20H26N2O3. The standard InChI is InChI=1S/C20H26N2O3/c1-14-5-6-15(2)18(11-14)21-20(24)12-22(3)19(13-23)16-7-9-17(25-4)10-8-16/h5-11,19,23H,12-13H2,1-4H3,(H,21,24). The molecule has 0 fully saturated rings. The maximum Gasteiger partial charge on any atom is 0.238 e. The van der Waals surface area contributed by atoms with Crippen molar-refractivity contribution in [2.24, 2.45) is 0 Å². The lowest BCUT2D eigenvalue weighted by Gasteiger charge is -2.26. The first-order valence-corrected chi connectivity index (χ1v) is 8.26. The Bertz CT molecular complexity index is 713. The molecule has 5 heteroatoms. The SMILES string of the molecule is COc1ccc(C(CO)N(C)CC(=O)Nc2cc(C)ccc2C)cc1. The lowest BCUT2D eigenvalue weighted by Crippen LogP contribution is -2.35.